The van der Waals surface area contributed by atoms with E-state index in [1.54, 1.807) is 0 Å². The number of aromatic nitrogens is 1. The van der Waals surface area contributed by atoms with Gasteiger partial charge in [0, 0.05) is 43.9 Å². The van der Waals surface area contributed by atoms with Gasteiger partial charge in [-0.15, -0.1) is 0 Å². The van der Waals surface area contributed by atoms with Crippen LogP contribution in [0, 0.1) is 6.92 Å². The van der Waals surface area contributed by atoms with E-state index in [1.807, 2.05) is 55.5 Å². The van der Waals surface area contributed by atoms with Gasteiger partial charge in [0.1, 0.15) is 5.76 Å². The molecule has 0 bridgehead atoms. The first-order chi connectivity index (χ1) is 19.1. The maximum atomic E-state index is 12.5. The highest BCUT2D eigenvalue weighted by Crippen LogP contribution is 2.24. The first-order valence-electron chi connectivity index (χ1n) is 12.3. The Morgan fingerprint density at radius 2 is 1.77 bits per heavy atom. The van der Waals surface area contributed by atoms with E-state index in [2.05, 4.69) is 15.2 Å². The molecule has 0 unspecified atom stereocenters. The number of oxazole rings is 1. The van der Waals surface area contributed by atoms with Gasteiger partial charge in [-0.3, -0.25) is 9.69 Å². The summed E-state index contributed by atoms with van der Waals surface area (Å²) in [7, 11) is 0. The lowest BCUT2D eigenvalue weighted by Crippen LogP contribution is -2.47. The zero-order valence-electron chi connectivity index (χ0n) is 21.7. The molecule has 1 saturated heterocycles. The summed E-state index contributed by atoms with van der Waals surface area (Å²) < 4.78 is 11.6. The molecule has 10 nitrogen and oxygen atoms in total. The van der Waals surface area contributed by atoms with Crippen LogP contribution in [0.2, 0.25) is 10.0 Å². The Labute approximate surface area is 241 Å². The molecule has 0 radical (unpaired) electrons. The molecule has 0 spiro atoms. The van der Waals surface area contributed by atoms with Crippen molar-refractivity contribution in [1.82, 2.24) is 15.2 Å². The number of carbonyl (C=O) groups excluding carboxylic acids is 1. The lowest BCUT2D eigenvalue weighted by atomic mass is 10.2. The summed E-state index contributed by atoms with van der Waals surface area (Å²) in [5.41, 5.74) is 2.63. The van der Waals surface area contributed by atoms with Gasteiger partial charge in [-0.25, -0.2) is 14.6 Å². The van der Waals surface area contributed by atoms with Crippen molar-refractivity contribution in [3.8, 4) is 11.5 Å². The van der Waals surface area contributed by atoms with Crippen LogP contribution in [0.25, 0.3) is 11.5 Å². The summed E-state index contributed by atoms with van der Waals surface area (Å²) in [5, 5.41) is 19.7. The third-order valence-electron chi connectivity index (χ3n) is 5.75. The zero-order valence-corrected chi connectivity index (χ0v) is 23.2. The number of rotatable bonds is 9. The Bertz CT molecular complexity index is 1330. The minimum absolute atomic E-state index is 0.0752. The maximum absolute atomic E-state index is 12.5. The monoisotopic (exact) mass is 589 g/mol. The number of morpholine rings is 1. The van der Waals surface area contributed by atoms with Gasteiger partial charge in [0.25, 0.3) is 0 Å². The lowest BCUT2D eigenvalue weighted by Gasteiger charge is -2.33. The van der Waals surface area contributed by atoms with Crippen molar-refractivity contribution in [2.75, 3.05) is 26.2 Å². The number of hydrogen-bond acceptors (Lipinski definition) is 7. The predicted molar refractivity (Wildman–Crippen MR) is 149 cm³/mol. The number of nitrogens with zero attached hydrogens (tertiary/aromatic N) is 2. The number of carbonyl (C=O) groups is 3. The average Bonchev–Trinajstić information content (AvgIpc) is 3.29. The molecule has 2 aromatic carbocycles. The molecular weight excluding hydrogens is 561 g/mol. The van der Waals surface area contributed by atoms with Gasteiger partial charge in [0.15, 0.2) is 0 Å². The molecule has 1 aliphatic rings. The molecule has 1 aromatic heterocycles. The normalized spacial score (nSPS) is 15.3. The first-order valence-corrected chi connectivity index (χ1v) is 13.1. The quantitative estimate of drug-likeness (QED) is 0.312. The van der Waals surface area contributed by atoms with Crippen molar-refractivity contribution in [1.29, 1.82) is 0 Å². The highest BCUT2D eigenvalue weighted by molar-refractivity contribution is 6.42. The molecule has 0 aliphatic carbocycles. The van der Waals surface area contributed by atoms with E-state index < -0.39 is 11.9 Å². The Morgan fingerprint density at radius 3 is 2.42 bits per heavy atom. The summed E-state index contributed by atoms with van der Waals surface area (Å²) in [6.45, 7) is 5.19. The van der Waals surface area contributed by atoms with Gasteiger partial charge >= 0.3 is 11.9 Å². The van der Waals surface area contributed by atoms with Crippen molar-refractivity contribution >= 4 is 41.0 Å². The van der Waals surface area contributed by atoms with Crippen LogP contribution < -0.4 is 5.32 Å². The topological polar surface area (TPSA) is 142 Å². The van der Waals surface area contributed by atoms with E-state index in [1.165, 1.54) is 0 Å². The van der Waals surface area contributed by atoms with Crippen molar-refractivity contribution in [3.05, 3.63) is 87.7 Å². The molecule has 212 valence electrons. The van der Waals surface area contributed by atoms with E-state index >= 15 is 0 Å². The Morgan fingerprint density at radius 1 is 1.07 bits per heavy atom. The number of aliphatic carboxylic acids is 2. The number of aryl methyl sites for hydroxylation is 1. The van der Waals surface area contributed by atoms with Crippen molar-refractivity contribution in [2.24, 2.45) is 0 Å². The summed E-state index contributed by atoms with van der Waals surface area (Å²) >= 11 is 12.1. The molecule has 1 aliphatic heterocycles. The first kappa shape index (κ1) is 30.8. The third-order valence-corrected chi connectivity index (χ3v) is 6.49. The molecule has 3 aromatic rings. The number of ether oxygens (including phenoxy) is 1. The number of hydrogen-bond donors (Lipinski definition) is 3. The largest absolute Gasteiger partial charge is 0.478 e. The maximum Gasteiger partial charge on any atom is 0.328 e. The fourth-order valence-electron chi connectivity index (χ4n) is 3.82. The molecule has 12 heteroatoms. The van der Waals surface area contributed by atoms with Crippen LogP contribution in [0.1, 0.15) is 17.0 Å². The number of amides is 1. The molecule has 0 saturated carbocycles. The van der Waals surface area contributed by atoms with Gasteiger partial charge in [0.05, 0.1) is 34.9 Å². The molecule has 1 amide bonds. The van der Waals surface area contributed by atoms with Gasteiger partial charge in [-0.1, -0.05) is 47.5 Å². The second-order valence-corrected chi connectivity index (χ2v) is 9.67. The van der Waals surface area contributed by atoms with Crippen molar-refractivity contribution < 1.29 is 33.8 Å². The number of halogens is 2. The zero-order chi connectivity index (χ0) is 29.1. The van der Waals surface area contributed by atoms with E-state index in [9.17, 15) is 14.4 Å². The fourth-order valence-corrected chi connectivity index (χ4v) is 4.15. The van der Waals surface area contributed by atoms with Crippen molar-refractivity contribution in [2.45, 2.75) is 26.0 Å². The van der Waals surface area contributed by atoms with Crippen LogP contribution in [0.3, 0.4) is 0 Å². The summed E-state index contributed by atoms with van der Waals surface area (Å²) in [4.78, 5) is 38.4. The van der Waals surface area contributed by atoms with E-state index in [-0.39, 0.29) is 18.4 Å². The lowest BCUT2D eigenvalue weighted by molar-refractivity contribution is -0.134. The summed E-state index contributed by atoms with van der Waals surface area (Å²) in [5.74, 6) is -1.44. The van der Waals surface area contributed by atoms with Crippen LogP contribution in [-0.4, -0.2) is 70.3 Å². The number of nitrogens with one attached hydrogen (secondary N) is 1. The molecule has 3 N–H and O–H groups in total. The van der Waals surface area contributed by atoms with Crippen LogP contribution in [0.4, 0.5) is 0 Å². The van der Waals surface area contributed by atoms with Crippen LogP contribution in [0.15, 0.2) is 65.1 Å². The van der Waals surface area contributed by atoms with Crippen LogP contribution in [0.5, 0.6) is 0 Å². The fraction of sp³-hybridized carbons (Fsp3) is 0.286. The average molecular weight is 590 g/mol. The SMILES string of the molecule is Cc1oc(-c2ccccc2)nc1CC(=O)NC[C@H]1CN(Cc2ccc(Cl)c(Cl)c2)CCO1.O=C(O)/C=C/C(=O)O. The minimum atomic E-state index is -1.26. The second kappa shape index (κ2) is 15.2. The van der Waals surface area contributed by atoms with E-state index in [4.69, 9.17) is 42.6 Å². The highest BCUT2D eigenvalue weighted by Gasteiger charge is 2.22. The molecule has 1 atom stereocenters. The molecular formula is C28H29Cl2N3O7. The molecule has 40 heavy (non-hydrogen) atoms. The van der Waals surface area contributed by atoms with E-state index in [0.29, 0.717) is 52.7 Å². The summed E-state index contributed by atoms with van der Waals surface area (Å²) in [6.07, 6.45) is 1.21. The minimum Gasteiger partial charge on any atom is -0.478 e. The Hall–Kier alpha value is -3.70. The van der Waals surface area contributed by atoms with Gasteiger partial charge in [-0.2, -0.15) is 0 Å². The van der Waals surface area contributed by atoms with Crippen molar-refractivity contribution in [3.63, 3.8) is 0 Å². The van der Waals surface area contributed by atoms with Gasteiger partial charge < -0.3 is 24.7 Å². The van der Waals surface area contributed by atoms with Crippen LogP contribution >= 0.6 is 23.2 Å². The predicted octanol–water partition coefficient (Wildman–Crippen LogP) is 4.23. The Balaban J connectivity index is 0.000000482. The number of carboxylic acid groups (broad SMARTS) is 2. The molecule has 4 rings (SSSR count). The highest BCUT2D eigenvalue weighted by atomic mass is 35.5. The smallest absolute Gasteiger partial charge is 0.328 e. The molecule has 2 heterocycles. The van der Waals surface area contributed by atoms with E-state index in [0.717, 1.165) is 30.8 Å². The van der Waals surface area contributed by atoms with Gasteiger partial charge in [0.2, 0.25) is 11.8 Å². The van der Waals surface area contributed by atoms with Gasteiger partial charge in [-0.05, 0) is 36.8 Å². The Kier molecular flexibility index (Phi) is 11.7. The summed E-state index contributed by atoms with van der Waals surface area (Å²) in [6, 6.07) is 15.3. The number of benzene rings is 2. The third kappa shape index (κ3) is 10.1. The number of carboxylic acids is 2. The second-order valence-electron chi connectivity index (χ2n) is 8.85. The van der Waals surface area contributed by atoms with Crippen LogP contribution in [-0.2, 0) is 32.1 Å². The molecule has 1 fully saturated rings. The standard InChI is InChI=1S/C24H25Cl2N3O3.C4H4O4/c1-16-22(28-24(32-16)18-5-3-2-4-6-18)12-23(30)27-13-19-15-29(9-10-31-19)14-17-7-8-20(25)21(26)11-17;5-3(6)1-2-4(7)8/h2-8,11,19H,9-10,12-15H2,1H3,(H,27,30);1-2H,(H,5,6)(H,7,8)/b;2-1+/t19-;/m0./s1.